The molecule has 0 bridgehead atoms. The maximum Gasteiger partial charge on any atom is 0.203 e. The van der Waals surface area contributed by atoms with E-state index in [0.29, 0.717) is 48.1 Å². The fraction of sp³-hybridized carbons (Fsp3) is 0.481. The summed E-state index contributed by atoms with van der Waals surface area (Å²) in [5.74, 6) is 2.17. The zero-order valence-electron chi connectivity index (χ0n) is 22.1. The van der Waals surface area contributed by atoms with Crippen LogP contribution in [0.3, 0.4) is 0 Å². The zero-order chi connectivity index (χ0) is 27.0. The number of ether oxygens (including phenoxy) is 6. The van der Waals surface area contributed by atoms with Crippen molar-refractivity contribution in [3.8, 4) is 28.7 Å². The molecule has 2 aromatic carbocycles. The number of methoxy groups -OCH3 is 3. The molecule has 0 aliphatic carbocycles. The van der Waals surface area contributed by atoms with E-state index in [2.05, 4.69) is 0 Å². The maximum atomic E-state index is 12.8. The molecule has 204 valence electrons. The van der Waals surface area contributed by atoms with Gasteiger partial charge in [-0.2, -0.15) is 0 Å². The van der Waals surface area contributed by atoms with Crippen molar-refractivity contribution in [3.63, 3.8) is 0 Å². The van der Waals surface area contributed by atoms with Crippen LogP contribution in [0.1, 0.15) is 49.5 Å². The molecule has 1 aliphatic rings. The summed E-state index contributed by atoms with van der Waals surface area (Å²) in [5, 5.41) is 0. The monoisotopic (exact) mass is 535 g/mol. The molecule has 0 radical (unpaired) electrons. The van der Waals surface area contributed by atoms with Crippen LogP contribution in [0.5, 0.6) is 28.7 Å². The number of hydrogen-bond donors (Lipinski definition) is 1. The standard InChI is InChI=1S/C27H37NO8S/c1-6-12-35-27-24(34-13-8-7-11-28)16-19(17-25(27)37(5,29)30)21-10-9-20(36-21)18-14-22(31-2)26(33-4)23(15-18)32-3/h7-8,14-17,20-21H,6,9-13,28H2,1-5H3/b8-7+. The number of nitrogens with two attached hydrogens (primary N) is 1. The third-order valence-electron chi connectivity index (χ3n) is 5.98. The molecule has 0 saturated carbocycles. The van der Waals surface area contributed by atoms with Crippen LogP contribution < -0.4 is 29.4 Å². The van der Waals surface area contributed by atoms with E-state index in [1.54, 1.807) is 45.6 Å². The molecule has 0 aromatic heterocycles. The second-order valence-electron chi connectivity index (χ2n) is 8.63. The molecule has 2 atom stereocenters. The summed E-state index contributed by atoms with van der Waals surface area (Å²) in [6.45, 7) is 2.93. The molecular formula is C27H37NO8S. The molecular weight excluding hydrogens is 498 g/mol. The molecule has 1 fully saturated rings. The van der Waals surface area contributed by atoms with Gasteiger partial charge in [0.1, 0.15) is 11.5 Å². The van der Waals surface area contributed by atoms with Gasteiger partial charge in [0.15, 0.2) is 32.8 Å². The fourth-order valence-electron chi connectivity index (χ4n) is 4.23. The Kier molecular flexibility index (Phi) is 10.1. The summed E-state index contributed by atoms with van der Waals surface area (Å²) in [5.41, 5.74) is 7.11. The van der Waals surface area contributed by atoms with Crippen molar-refractivity contribution >= 4 is 9.84 Å². The van der Waals surface area contributed by atoms with Crippen LogP contribution in [0, 0.1) is 0 Å². The highest BCUT2D eigenvalue weighted by molar-refractivity contribution is 7.90. The third kappa shape index (κ3) is 6.88. The van der Waals surface area contributed by atoms with E-state index in [9.17, 15) is 8.42 Å². The molecule has 10 heteroatoms. The van der Waals surface area contributed by atoms with E-state index >= 15 is 0 Å². The first-order chi connectivity index (χ1) is 17.8. The average molecular weight is 536 g/mol. The largest absolute Gasteiger partial charge is 0.493 e. The minimum absolute atomic E-state index is 0.0797. The van der Waals surface area contributed by atoms with Gasteiger partial charge in [-0.25, -0.2) is 8.42 Å². The lowest BCUT2D eigenvalue weighted by atomic mass is 10.0. The molecule has 2 unspecified atom stereocenters. The summed E-state index contributed by atoms with van der Waals surface area (Å²) in [6, 6.07) is 7.18. The van der Waals surface area contributed by atoms with E-state index < -0.39 is 9.84 Å². The van der Waals surface area contributed by atoms with Gasteiger partial charge < -0.3 is 34.2 Å². The van der Waals surface area contributed by atoms with E-state index in [-0.39, 0.29) is 29.5 Å². The predicted molar refractivity (Wildman–Crippen MR) is 141 cm³/mol. The molecule has 3 rings (SSSR count). The topological polar surface area (TPSA) is 116 Å². The van der Waals surface area contributed by atoms with Crippen LogP contribution in [0.2, 0.25) is 0 Å². The molecule has 2 N–H and O–H groups in total. The Morgan fingerprint density at radius 3 is 2.00 bits per heavy atom. The third-order valence-corrected chi connectivity index (χ3v) is 7.08. The average Bonchev–Trinajstić information content (AvgIpc) is 3.38. The maximum absolute atomic E-state index is 12.8. The number of rotatable bonds is 13. The van der Waals surface area contributed by atoms with Gasteiger partial charge in [0.25, 0.3) is 0 Å². The Hall–Kier alpha value is -2.95. The van der Waals surface area contributed by atoms with E-state index in [4.69, 9.17) is 34.2 Å². The van der Waals surface area contributed by atoms with Crippen LogP contribution >= 0.6 is 0 Å². The minimum Gasteiger partial charge on any atom is -0.493 e. The van der Waals surface area contributed by atoms with Gasteiger partial charge >= 0.3 is 0 Å². The molecule has 0 spiro atoms. The number of sulfone groups is 1. The van der Waals surface area contributed by atoms with Crippen LogP contribution in [-0.2, 0) is 14.6 Å². The normalized spacial score (nSPS) is 17.7. The second kappa shape index (κ2) is 13.0. The number of hydrogen-bond acceptors (Lipinski definition) is 9. The smallest absolute Gasteiger partial charge is 0.203 e. The van der Waals surface area contributed by atoms with Crippen LogP contribution in [0.15, 0.2) is 41.3 Å². The highest BCUT2D eigenvalue weighted by Crippen LogP contribution is 2.48. The van der Waals surface area contributed by atoms with Gasteiger partial charge in [-0.1, -0.05) is 19.1 Å². The lowest BCUT2D eigenvalue weighted by Crippen LogP contribution is -2.09. The molecule has 1 aliphatic heterocycles. The highest BCUT2D eigenvalue weighted by Gasteiger charge is 2.32. The van der Waals surface area contributed by atoms with Crippen LogP contribution in [0.4, 0.5) is 0 Å². The Labute approximate surface area is 219 Å². The number of benzene rings is 2. The molecule has 9 nitrogen and oxygen atoms in total. The summed E-state index contributed by atoms with van der Waals surface area (Å²) < 4.78 is 60.1. The van der Waals surface area contributed by atoms with Gasteiger partial charge in [-0.05, 0) is 54.7 Å². The molecule has 1 heterocycles. The fourth-order valence-corrected chi connectivity index (χ4v) is 5.08. The summed E-state index contributed by atoms with van der Waals surface area (Å²) in [4.78, 5) is 0.0797. The first kappa shape index (κ1) is 28.6. The first-order valence-electron chi connectivity index (χ1n) is 12.2. The summed E-state index contributed by atoms with van der Waals surface area (Å²) in [6.07, 6.45) is 6.27. The van der Waals surface area contributed by atoms with Crippen molar-refractivity contribution in [2.75, 3.05) is 47.3 Å². The Morgan fingerprint density at radius 2 is 1.49 bits per heavy atom. The molecule has 2 aromatic rings. The Morgan fingerprint density at radius 1 is 0.892 bits per heavy atom. The predicted octanol–water partition coefficient (Wildman–Crippen LogP) is 4.39. The van der Waals surface area contributed by atoms with Gasteiger partial charge in [-0.15, -0.1) is 0 Å². The molecule has 37 heavy (non-hydrogen) atoms. The SMILES string of the molecule is CCCOc1c(OC/C=C/CN)cc(C2CCC(c3cc(OC)c(OC)c(OC)c3)O2)cc1S(C)(=O)=O. The van der Waals surface area contributed by atoms with E-state index in [1.807, 2.05) is 19.1 Å². The van der Waals surface area contributed by atoms with Crippen molar-refractivity contribution in [1.29, 1.82) is 0 Å². The van der Waals surface area contributed by atoms with Gasteiger partial charge in [-0.3, -0.25) is 0 Å². The van der Waals surface area contributed by atoms with Gasteiger partial charge in [0.2, 0.25) is 5.75 Å². The van der Waals surface area contributed by atoms with Gasteiger partial charge in [0, 0.05) is 12.8 Å². The molecule has 1 saturated heterocycles. The summed E-state index contributed by atoms with van der Waals surface area (Å²) >= 11 is 0. The zero-order valence-corrected chi connectivity index (χ0v) is 22.9. The van der Waals surface area contributed by atoms with Crippen molar-refractivity contribution in [2.24, 2.45) is 5.73 Å². The van der Waals surface area contributed by atoms with Crippen molar-refractivity contribution in [1.82, 2.24) is 0 Å². The van der Waals surface area contributed by atoms with Crippen LogP contribution in [0.25, 0.3) is 0 Å². The highest BCUT2D eigenvalue weighted by atomic mass is 32.2. The van der Waals surface area contributed by atoms with Crippen molar-refractivity contribution in [2.45, 2.75) is 43.3 Å². The summed E-state index contributed by atoms with van der Waals surface area (Å²) in [7, 11) is 1.08. The lowest BCUT2D eigenvalue weighted by molar-refractivity contribution is 0.0435. The second-order valence-corrected chi connectivity index (χ2v) is 10.6. The van der Waals surface area contributed by atoms with Crippen molar-refractivity contribution < 1.29 is 36.8 Å². The van der Waals surface area contributed by atoms with E-state index in [1.165, 1.54) is 0 Å². The first-order valence-corrected chi connectivity index (χ1v) is 14.1. The van der Waals surface area contributed by atoms with Gasteiger partial charge in [0.05, 0.1) is 40.1 Å². The Balaban J connectivity index is 1.97. The lowest BCUT2D eigenvalue weighted by Gasteiger charge is -2.20. The van der Waals surface area contributed by atoms with Crippen LogP contribution in [-0.4, -0.2) is 55.8 Å². The molecule has 0 amide bonds. The van der Waals surface area contributed by atoms with E-state index in [0.717, 1.165) is 24.7 Å². The quantitative estimate of drug-likeness (QED) is 0.373. The minimum atomic E-state index is -3.61. The van der Waals surface area contributed by atoms with Crippen molar-refractivity contribution in [3.05, 3.63) is 47.5 Å². The Bertz CT molecular complexity index is 1170.